The maximum atomic E-state index is 6.18. The standard InChI is InChI=1S/C16H18ClIN2/c1-3-7-20-16(14-10-19-8-6-11(14)2)13-9-12(17)4-5-15(13)18/h4-6,8-10,16,20H,3,7H2,1-2H3. The fourth-order valence-electron chi connectivity index (χ4n) is 2.19. The molecule has 4 heteroatoms. The van der Waals surface area contributed by atoms with Gasteiger partial charge in [-0.2, -0.15) is 0 Å². The first-order valence-corrected chi connectivity index (χ1v) is 8.18. The van der Waals surface area contributed by atoms with Crippen LogP contribution in [0.2, 0.25) is 5.02 Å². The smallest absolute Gasteiger partial charge is 0.0605 e. The molecule has 2 rings (SSSR count). The van der Waals surface area contributed by atoms with E-state index in [1.807, 2.05) is 30.6 Å². The van der Waals surface area contributed by atoms with Crippen LogP contribution < -0.4 is 5.32 Å². The van der Waals surface area contributed by atoms with Crippen LogP contribution in [0.25, 0.3) is 0 Å². The Morgan fingerprint density at radius 1 is 1.30 bits per heavy atom. The predicted octanol–water partition coefficient (Wildman–Crippen LogP) is 4.74. The molecule has 2 nitrogen and oxygen atoms in total. The van der Waals surface area contributed by atoms with Crippen LogP contribution in [-0.4, -0.2) is 11.5 Å². The molecule has 1 heterocycles. The van der Waals surface area contributed by atoms with Crippen molar-refractivity contribution in [2.75, 3.05) is 6.54 Å². The Bertz CT molecular complexity index is 586. The topological polar surface area (TPSA) is 24.9 Å². The Morgan fingerprint density at radius 2 is 2.10 bits per heavy atom. The summed E-state index contributed by atoms with van der Waals surface area (Å²) in [6.07, 6.45) is 4.87. The maximum absolute atomic E-state index is 6.18. The van der Waals surface area contributed by atoms with Gasteiger partial charge in [0.15, 0.2) is 0 Å². The molecule has 0 saturated carbocycles. The lowest BCUT2D eigenvalue weighted by molar-refractivity contribution is 0.593. The molecule has 0 bridgehead atoms. The Morgan fingerprint density at radius 3 is 2.80 bits per heavy atom. The summed E-state index contributed by atoms with van der Waals surface area (Å²) in [5, 5.41) is 4.38. The second kappa shape index (κ2) is 7.38. The summed E-state index contributed by atoms with van der Waals surface area (Å²) < 4.78 is 1.21. The van der Waals surface area contributed by atoms with Crippen molar-refractivity contribution in [2.24, 2.45) is 0 Å². The van der Waals surface area contributed by atoms with Gasteiger partial charge in [-0.3, -0.25) is 4.98 Å². The molecule has 1 unspecified atom stereocenters. The highest BCUT2D eigenvalue weighted by molar-refractivity contribution is 14.1. The van der Waals surface area contributed by atoms with Gasteiger partial charge in [-0.15, -0.1) is 0 Å². The van der Waals surface area contributed by atoms with E-state index in [9.17, 15) is 0 Å². The number of rotatable bonds is 5. The van der Waals surface area contributed by atoms with Crippen LogP contribution in [0.1, 0.15) is 36.1 Å². The Labute approximate surface area is 139 Å². The van der Waals surface area contributed by atoms with E-state index in [-0.39, 0.29) is 6.04 Å². The van der Waals surface area contributed by atoms with Gasteiger partial charge in [0.25, 0.3) is 0 Å². The molecule has 0 spiro atoms. The van der Waals surface area contributed by atoms with Crippen molar-refractivity contribution in [1.29, 1.82) is 0 Å². The van der Waals surface area contributed by atoms with Crippen LogP contribution in [0, 0.1) is 10.5 Å². The zero-order chi connectivity index (χ0) is 14.5. The van der Waals surface area contributed by atoms with Gasteiger partial charge in [0.05, 0.1) is 6.04 Å². The fourth-order valence-corrected chi connectivity index (χ4v) is 3.02. The summed E-state index contributed by atoms with van der Waals surface area (Å²) in [6, 6.07) is 8.22. The number of aromatic nitrogens is 1. The van der Waals surface area contributed by atoms with Crippen LogP contribution in [-0.2, 0) is 0 Å². The van der Waals surface area contributed by atoms with Crippen molar-refractivity contribution in [2.45, 2.75) is 26.3 Å². The zero-order valence-corrected chi connectivity index (χ0v) is 14.6. The van der Waals surface area contributed by atoms with E-state index in [1.54, 1.807) is 0 Å². The van der Waals surface area contributed by atoms with Gasteiger partial charge in [0.1, 0.15) is 0 Å². The minimum atomic E-state index is 0.134. The van der Waals surface area contributed by atoms with E-state index in [0.29, 0.717) is 0 Å². The number of halogens is 2. The molecule has 0 fully saturated rings. The van der Waals surface area contributed by atoms with Gasteiger partial charge in [-0.25, -0.2) is 0 Å². The number of nitrogens with one attached hydrogen (secondary N) is 1. The monoisotopic (exact) mass is 400 g/mol. The minimum Gasteiger partial charge on any atom is -0.306 e. The van der Waals surface area contributed by atoms with Gasteiger partial charge in [-0.1, -0.05) is 18.5 Å². The van der Waals surface area contributed by atoms with Crippen molar-refractivity contribution >= 4 is 34.2 Å². The fraction of sp³-hybridized carbons (Fsp3) is 0.312. The van der Waals surface area contributed by atoms with Crippen LogP contribution in [0.15, 0.2) is 36.7 Å². The molecule has 0 aliphatic rings. The quantitative estimate of drug-likeness (QED) is 0.734. The Hall–Kier alpha value is -0.650. The van der Waals surface area contributed by atoms with E-state index in [2.05, 4.69) is 52.8 Å². The molecule has 0 aliphatic heterocycles. The van der Waals surface area contributed by atoms with Gasteiger partial charge in [0, 0.05) is 21.0 Å². The molecule has 1 aromatic carbocycles. The van der Waals surface area contributed by atoms with Gasteiger partial charge in [0.2, 0.25) is 0 Å². The van der Waals surface area contributed by atoms with Crippen LogP contribution in [0.5, 0.6) is 0 Å². The normalized spacial score (nSPS) is 12.4. The van der Waals surface area contributed by atoms with Crippen LogP contribution >= 0.6 is 34.2 Å². The van der Waals surface area contributed by atoms with E-state index in [0.717, 1.165) is 18.0 Å². The first kappa shape index (κ1) is 15.7. The van der Waals surface area contributed by atoms with Gasteiger partial charge < -0.3 is 5.32 Å². The summed E-state index contributed by atoms with van der Waals surface area (Å²) in [5.41, 5.74) is 3.66. The highest BCUT2D eigenvalue weighted by Gasteiger charge is 2.18. The minimum absolute atomic E-state index is 0.134. The number of aryl methyl sites for hydroxylation is 1. The van der Waals surface area contributed by atoms with Crippen molar-refractivity contribution in [1.82, 2.24) is 10.3 Å². The largest absolute Gasteiger partial charge is 0.306 e. The summed E-state index contributed by atoms with van der Waals surface area (Å²) in [6.45, 7) is 5.25. The van der Waals surface area contributed by atoms with Crippen molar-refractivity contribution < 1.29 is 0 Å². The molecule has 1 atom stereocenters. The molecule has 1 aromatic heterocycles. The third-order valence-electron chi connectivity index (χ3n) is 3.26. The highest BCUT2D eigenvalue weighted by atomic mass is 127. The summed E-state index contributed by atoms with van der Waals surface area (Å²) in [5.74, 6) is 0. The molecular weight excluding hydrogens is 383 g/mol. The first-order valence-electron chi connectivity index (χ1n) is 6.72. The molecule has 1 N–H and O–H groups in total. The van der Waals surface area contributed by atoms with Crippen molar-refractivity contribution in [3.8, 4) is 0 Å². The van der Waals surface area contributed by atoms with E-state index < -0.39 is 0 Å². The lowest BCUT2D eigenvalue weighted by Gasteiger charge is -2.22. The molecule has 0 aliphatic carbocycles. The highest BCUT2D eigenvalue weighted by Crippen LogP contribution is 2.30. The SMILES string of the molecule is CCCNC(c1cnccc1C)c1cc(Cl)ccc1I. The zero-order valence-electron chi connectivity index (χ0n) is 11.7. The van der Waals surface area contributed by atoms with E-state index >= 15 is 0 Å². The molecular formula is C16H18ClIN2. The van der Waals surface area contributed by atoms with Crippen LogP contribution in [0.3, 0.4) is 0 Å². The molecule has 106 valence electrons. The molecule has 0 saturated heterocycles. The molecule has 20 heavy (non-hydrogen) atoms. The van der Waals surface area contributed by atoms with Crippen molar-refractivity contribution in [3.63, 3.8) is 0 Å². The number of hydrogen-bond donors (Lipinski definition) is 1. The Balaban J connectivity index is 2.47. The van der Waals surface area contributed by atoms with E-state index in [1.165, 1.54) is 20.3 Å². The lowest BCUT2D eigenvalue weighted by atomic mass is 9.96. The predicted molar refractivity (Wildman–Crippen MR) is 93.3 cm³/mol. The number of benzene rings is 1. The van der Waals surface area contributed by atoms with Crippen LogP contribution in [0.4, 0.5) is 0 Å². The molecule has 2 aromatic rings. The second-order valence-corrected chi connectivity index (χ2v) is 6.38. The number of nitrogens with zero attached hydrogens (tertiary/aromatic N) is 1. The van der Waals surface area contributed by atoms with Crippen molar-refractivity contribution in [3.05, 3.63) is 61.9 Å². The third kappa shape index (κ3) is 3.71. The maximum Gasteiger partial charge on any atom is 0.0605 e. The first-order chi connectivity index (χ1) is 9.63. The summed E-state index contributed by atoms with van der Waals surface area (Å²) >= 11 is 8.54. The second-order valence-electron chi connectivity index (χ2n) is 4.79. The number of hydrogen-bond acceptors (Lipinski definition) is 2. The average molecular weight is 401 g/mol. The summed E-state index contributed by atoms with van der Waals surface area (Å²) in [7, 11) is 0. The lowest BCUT2D eigenvalue weighted by Crippen LogP contribution is -2.24. The van der Waals surface area contributed by atoms with E-state index in [4.69, 9.17) is 11.6 Å². The third-order valence-corrected chi connectivity index (χ3v) is 4.48. The molecule has 0 radical (unpaired) electrons. The van der Waals surface area contributed by atoms with Gasteiger partial charge >= 0.3 is 0 Å². The van der Waals surface area contributed by atoms with Gasteiger partial charge in [-0.05, 0) is 83.4 Å². The Kier molecular flexibility index (Phi) is 5.81. The summed E-state index contributed by atoms with van der Waals surface area (Å²) in [4.78, 5) is 4.28. The molecule has 0 amide bonds. The number of pyridine rings is 1. The average Bonchev–Trinajstić information content (AvgIpc) is 2.44.